The van der Waals surface area contributed by atoms with Crippen molar-refractivity contribution in [3.8, 4) is 0 Å². The van der Waals surface area contributed by atoms with Gasteiger partial charge in [-0.15, -0.1) is 0 Å². The number of nitrogens with zero attached hydrogens (tertiary/aromatic N) is 3. The van der Waals surface area contributed by atoms with Crippen molar-refractivity contribution in [1.82, 2.24) is 14.9 Å². The van der Waals surface area contributed by atoms with Crippen LogP contribution < -0.4 is 5.73 Å². The van der Waals surface area contributed by atoms with Crippen molar-refractivity contribution >= 4 is 17.7 Å². The lowest BCUT2D eigenvalue weighted by atomic mass is 10.1. The van der Waals surface area contributed by atoms with Crippen LogP contribution in [0.3, 0.4) is 0 Å². The van der Waals surface area contributed by atoms with Gasteiger partial charge in [0.1, 0.15) is 6.04 Å². The summed E-state index contributed by atoms with van der Waals surface area (Å²) in [6.07, 6.45) is 2.78. The summed E-state index contributed by atoms with van der Waals surface area (Å²) in [4.78, 5) is 33.9. The van der Waals surface area contributed by atoms with Gasteiger partial charge in [0.15, 0.2) is 11.5 Å². The molecule has 23 heavy (non-hydrogen) atoms. The van der Waals surface area contributed by atoms with Crippen molar-refractivity contribution in [2.75, 3.05) is 12.8 Å². The Morgan fingerprint density at radius 1 is 1.22 bits per heavy atom. The summed E-state index contributed by atoms with van der Waals surface area (Å²) in [6.45, 7) is 1.82. The Kier molecular flexibility index (Phi) is 5.24. The van der Waals surface area contributed by atoms with Gasteiger partial charge in [-0.1, -0.05) is 30.3 Å². The van der Waals surface area contributed by atoms with Gasteiger partial charge in [-0.05, 0) is 12.5 Å². The first-order valence-electron chi connectivity index (χ1n) is 7.03. The number of esters is 1. The molecule has 7 heteroatoms. The number of benzene rings is 1. The van der Waals surface area contributed by atoms with Gasteiger partial charge in [0.25, 0.3) is 5.91 Å². The number of nitrogen functional groups attached to an aromatic ring is 1. The third-order valence-corrected chi connectivity index (χ3v) is 3.40. The number of carbonyl (C=O) groups excluding carboxylic acids is 2. The zero-order chi connectivity index (χ0) is 16.8. The maximum atomic E-state index is 12.8. The molecule has 0 bridgehead atoms. The maximum absolute atomic E-state index is 12.8. The number of amides is 1. The Morgan fingerprint density at radius 3 is 2.48 bits per heavy atom. The van der Waals surface area contributed by atoms with E-state index in [9.17, 15) is 9.59 Å². The molecule has 1 amide bonds. The molecule has 1 atom stereocenters. The summed E-state index contributed by atoms with van der Waals surface area (Å²) in [6, 6.07) is 8.54. The third kappa shape index (κ3) is 3.82. The number of rotatable bonds is 5. The zero-order valence-electron chi connectivity index (χ0n) is 13.0. The quantitative estimate of drug-likeness (QED) is 0.834. The van der Waals surface area contributed by atoms with Gasteiger partial charge in [-0.25, -0.2) is 14.8 Å². The Hall–Kier alpha value is -2.96. The van der Waals surface area contributed by atoms with Crippen LogP contribution in [-0.4, -0.2) is 39.9 Å². The highest BCUT2D eigenvalue weighted by molar-refractivity contribution is 5.98. The highest BCUT2D eigenvalue weighted by Gasteiger charge is 2.29. The topological polar surface area (TPSA) is 98.4 Å². The van der Waals surface area contributed by atoms with Gasteiger partial charge in [-0.3, -0.25) is 4.79 Å². The van der Waals surface area contributed by atoms with E-state index in [2.05, 4.69) is 9.97 Å². The van der Waals surface area contributed by atoms with Crippen LogP contribution in [0.25, 0.3) is 0 Å². The van der Waals surface area contributed by atoms with Crippen molar-refractivity contribution in [2.45, 2.75) is 19.5 Å². The van der Waals surface area contributed by atoms with E-state index in [4.69, 9.17) is 10.5 Å². The number of aromatic nitrogens is 2. The molecule has 120 valence electrons. The van der Waals surface area contributed by atoms with Crippen LogP contribution in [0.4, 0.5) is 5.82 Å². The molecule has 0 fully saturated rings. The minimum absolute atomic E-state index is 0.0131. The SMILES string of the molecule is COC(=O)[C@H](C)N(Cc1ccccc1)C(=O)c1nccnc1N. The lowest BCUT2D eigenvalue weighted by molar-refractivity contribution is -0.145. The fourth-order valence-corrected chi connectivity index (χ4v) is 2.11. The normalized spacial score (nSPS) is 11.6. The third-order valence-electron chi connectivity index (χ3n) is 3.40. The second kappa shape index (κ2) is 7.35. The second-order valence-corrected chi connectivity index (χ2v) is 4.91. The summed E-state index contributed by atoms with van der Waals surface area (Å²) < 4.78 is 4.75. The molecule has 1 aromatic heterocycles. The van der Waals surface area contributed by atoms with E-state index in [0.29, 0.717) is 0 Å². The first-order chi connectivity index (χ1) is 11.0. The van der Waals surface area contributed by atoms with Crippen LogP contribution in [-0.2, 0) is 16.1 Å². The molecule has 0 saturated heterocycles. The van der Waals surface area contributed by atoms with Crippen molar-refractivity contribution in [1.29, 1.82) is 0 Å². The average molecular weight is 314 g/mol. The van der Waals surface area contributed by atoms with Gasteiger partial charge in [0.05, 0.1) is 7.11 Å². The fraction of sp³-hybridized carbons (Fsp3) is 0.250. The summed E-state index contributed by atoms with van der Waals surface area (Å²) in [7, 11) is 1.28. The van der Waals surface area contributed by atoms with E-state index in [1.165, 1.54) is 24.4 Å². The molecule has 0 radical (unpaired) electrons. The van der Waals surface area contributed by atoms with E-state index in [0.717, 1.165) is 5.56 Å². The first kappa shape index (κ1) is 16.4. The Balaban J connectivity index is 2.35. The highest BCUT2D eigenvalue weighted by Crippen LogP contribution is 2.15. The molecule has 2 N–H and O–H groups in total. The second-order valence-electron chi connectivity index (χ2n) is 4.91. The van der Waals surface area contributed by atoms with E-state index in [1.807, 2.05) is 30.3 Å². The van der Waals surface area contributed by atoms with Gasteiger partial charge >= 0.3 is 5.97 Å². The van der Waals surface area contributed by atoms with Crippen LogP contribution in [0.5, 0.6) is 0 Å². The zero-order valence-corrected chi connectivity index (χ0v) is 13.0. The predicted molar refractivity (Wildman–Crippen MR) is 84.2 cm³/mol. The number of methoxy groups -OCH3 is 1. The minimum atomic E-state index is -0.783. The fourth-order valence-electron chi connectivity index (χ4n) is 2.11. The molecule has 2 aromatic rings. The summed E-state index contributed by atoms with van der Waals surface area (Å²) in [5, 5.41) is 0. The number of ether oxygens (including phenoxy) is 1. The van der Waals surface area contributed by atoms with Gasteiger partial charge in [0.2, 0.25) is 0 Å². The molecule has 0 aliphatic heterocycles. The maximum Gasteiger partial charge on any atom is 0.328 e. The molecule has 0 spiro atoms. The smallest absolute Gasteiger partial charge is 0.328 e. The van der Waals surface area contributed by atoms with Crippen LogP contribution in [0.15, 0.2) is 42.7 Å². The van der Waals surface area contributed by atoms with Crippen molar-refractivity contribution in [3.05, 3.63) is 54.0 Å². The monoisotopic (exact) mass is 314 g/mol. The van der Waals surface area contributed by atoms with Gasteiger partial charge in [-0.2, -0.15) is 0 Å². The van der Waals surface area contributed by atoms with E-state index in [1.54, 1.807) is 6.92 Å². The van der Waals surface area contributed by atoms with E-state index >= 15 is 0 Å². The van der Waals surface area contributed by atoms with Gasteiger partial charge in [0, 0.05) is 18.9 Å². The van der Waals surface area contributed by atoms with E-state index < -0.39 is 17.9 Å². The highest BCUT2D eigenvalue weighted by atomic mass is 16.5. The standard InChI is InChI=1S/C16H18N4O3/c1-11(16(22)23-2)20(10-12-6-4-3-5-7-12)15(21)13-14(17)19-9-8-18-13/h3-9,11H,10H2,1-2H3,(H2,17,19)/t11-/m0/s1. The number of carbonyl (C=O) groups is 2. The van der Waals surface area contributed by atoms with Crippen LogP contribution in [0.2, 0.25) is 0 Å². The number of hydrogen-bond acceptors (Lipinski definition) is 6. The van der Waals surface area contributed by atoms with Crippen molar-refractivity contribution in [3.63, 3.8) is 0 Å². The lowest BCUT2D eigenvalue weighted by Crippen LogP contribution is -2.43. The summed E-state index contributed by atoms with van der Waals surface area (Å²) in [5.41, 5.74) is 6.61. The van der Waals surface area contributed by atoms with Crippen molar-refractivity contribution in [2.24, 2.45) is 0 Å². The Bertz CT molecular complexity index is 691. The molecular formula is C16H18N4O3. The average Bonchev–Trinajstić information content (AvgIpc) is 2.59. The number of nitrogens with two attached hydrogens (primary N) is 1. The Labute approximate surface area is 134 Å². The summed E-state index contributed by atoms with van der Waals surface area (Å²) in [5.74, 6) is -0.971. The molecule has 7 nitrogen and oxygen atoms in total. The molecule has 1 heterocycles. The van der Waals surface area contributed by atoms with E-state index in [-0.39, 0.29) is 18.1 Å². The number of hydrogen-bond donors (Lipinski definition) is 1. The van der Waals surface area contributed by atoms with Crippen molar-refractivity contribution < 1.29 is 14.3 Å². The summed E-state index contributed by atoms with van der Waals surface area (Å²) >= 11 is 0. The first-order valence-corrected chi connectivity index (χ1v) is 7.03. The van der Waals surface area contributed by atoms with Crippen LogP contribution in [0, 0.1) is 0 Å². The Morgan fingerprint density at radius 2 is 1.87 bits per heavy atom. The number of anilines is 1. The van der Waals surface area contributed by atoms with Gasteiger partial charge < -0.3 is 15.4 Å². The molecular weight excluding hydrogens is 296 g/mol. The van der Waals surface area contributed by atoms with Crippen LogP contribution in [0.1, 0.15) is 23.0 Å². The molecule has 0 unspecified atom stereocenters. The molecule has 0 aliphatic carbocycles. The minimum Gasteiger partial charge on any atom is -0.467 e. The molecule has 0 aliphatic rings. The molecule has 0 saturated carbocycles. The molecule has 1 aromatic carbocycles. The lowest BCUT2D eigenvalue weighted by Gasteiger charge is -2.27. The predicted octanol–water partition coefficient (Wildman–Crippen LogP) is 1.26. The molecule has 2 rings (SSSR count). The van der Waals surface area contributed by atoms with Crippen LogP contribution >= 0.6 is 0 Å². The largest absolute Gasteiger partial charge is 0.467 e.